The Morgan fingerprint density at radius 3 is 3.06 bits per heavy atom. The Labute approximate surface area is 106 Å². The molecule has 3 nitrogen and oxygen atoms in total. The number of aromatic amines is 1. The normalized spacial score (nSPS) is 14.7. The third-order valence-corrected chi connectivity index (χ3v) is 3.17. The van der Waals surface area contributed by atoms with Gasteiger partial charge in [-0.1, -0.05) is 24.3 Å². The van der Waals surface area contributed by atoms with Gasteiger partial charge >= 0.3 is 0 Å². The summed E-state index contributed by atoms with van der Waals surface area (Å²) in [6.07, 6.45) is 8.15. The van der Waals surface area contributed by atoms with Gasteiger partial charge in [-0.3, -0.25) is 0 Å². The topological polar surface area (TPSA) is 42.8 Å². The van der Waals surface area contributed by atoms with Crippen molar-refractivity contribution in [2.75, 3.05) is 11.4 Å². The van der Waals surface area contributed by atoms with Gasteiger partial charge in [0.2, 0.25) is 0 Å². The zero-order valence-corrected chi connectivity index (χ0v) is 10.1. The van der Waals surface area contributed by atoms with Crippen LogP contribution in [0.1, 0.15) is 12.5 Å². The molecule has 3 heteroatoms. The van der Waals surface area contributed by atoms with E-state index >= 15 is 0 Å². The third-order valence-electron chi connectivity index (χ3n) is 3.17. The lowest BCUT2D eigenvalue weighted by molar-refractivity contribution is 1.06. The molecule has 2 aromatic rings. The molecule has 0 unspecified atom stereocenters. The molecular weight excluding hydrogens is 222 g/mol. The summed E-state index contributed by atoms with van der Waals surface area (Å²) in [6.45, 7) is 2.94. The van der Waals surface area contributed by atoms with E-state index < -0.39 is 0 Å². The van der Waals surface area contributed by atoms with Crippen molar-refractivity contribution in [1.29, 1.82) is 5.26 Å². The monoisotopic (exact) mass is 235 g/mol. The van der Waals surface area contributed by atoms with E-state index in [0.29, 0.717) is 5.56 Å². The number of anilines is 1. The van der Waals surface area contributed by atoms with Crippen LogP contribution in [0.3, 0.4) is 0 Å². The summed E-state index contributed by atoms with van der Waals surface area (Å²) in [5.74, 6) is 0. The summed E-state index contributed by atoms with van der Waals surface area (Å²) in [5, 5.41) is 10.0. The zero-order chi connectivity index (χ0) is 12.5. The second-order valence-corrected chi connectivity index (χ2v) is 4.44. The van der Waals surface area contributed by atoms with E-state index in [0.717, 1.165) is 23.1 Å². The van der Waals surface area contributed by atoms with Gasteiger partial charge in [0, 0.05) is 24.3 Å². The highest BCUT2D eigenvalue weighted by atomic mass is 15.1. The highest BCUT2D eigenvalue weighted by Crippen LogP contribution is 2.29. The highest BCUT2D eigenvalue weighted by molar-refractivity contribution is 5.95. The van der Waals surface area contributed by atoms with E-state index in [4.69, 9.17) is 5.26 Å². The second-order valence-electron chi connectivity index (χ2n) is 4.44. The summed E-state index contributed by atoms with van der Waals surface area (Å²) in [7, 11) is 0. The number of nitrogens with one attached hydrogen (secondary N) is 1. The molecule has 1 N–H and O–H groups in total. The number of hydrogen-bond acceptors (Lipinski definition) is 2. The SMILES string of the molecule is CC1=CN(c2cccc3c(C#N)c[nH]c23)CC=C1. The van der Waals surface area contributed by atoms with Crippen LogP contribution >= 0.6 is 0 Å². The van der Waals surface area contributed by atoms with Crippen molar-refractivity contribution in [2.45, 2.75) is 6.92 Å². The van der Waals surface area contributed by atoms with Crippen LogP contribution < -0.4 is 4.90 Å². The summed E-state index contributed by atoms with van der Waals surface area (Å²) in [4.78, 5) is 5.39. The Hall–Kier alpha value is -2.47. The second kappa shape index (κ2) is 4.08. The maximum absolute atomic E-state index is 9.06. The molecule has 1 aliphatic heterocycles. The fourth-order valence-electron chi connectivity index (χ4n) is 2.33. The number of benzene rings is 1. The predicted molar refractivity (Wildman–Crippen MR) is 73.3 cm³/mol. The van der Waals surface area contributed by atoms with Crippen molar-refractivity contribution >= 4 is 16.6 Å². The number of rotatable bonds is 1. The van der Waals surface area contributed by atoms with Crippen molar-refractivity contribution in [3.05, 3.63) is 53.9 Å². The van der Waals surface area contributed by atoms with Gasteiger partial charge in [0.1, 0.15) is 6.07 Å². The quantitative estimate of drug-likeness (QED) is 0.824. The highest BCUT2D eigenvalue weighted by Gasteiger charge is 2.12. The van der Waals surface area contributed by atoms with Gasteiger partial charge in [-0.15, -0.1) is 0 Å². The smallest absolute Gasteiger partial charge is 0.101 e. The van der Waals surface area contributed by atoms with Gasteiger partial charge in [0.15, 0.2) is 0 Å². The van der Waals surface area contributed by atoms with Crippen LogP contribution in [0.25, 0.3) is 10.9 Å². The third kappa shape index (κ3) is 1.59. The van der Waals surface area contributed by atoms with Gasteiger partial charge < -0.3 is 9.88 Å². The molecule has 1 aromatic carbocycles. The lowest BCUT2D eigenvalue weighted by Crippen LogP contribution is -2.18. The van der Waals surface area contributed by atoms with Crippen molar-refractivity contribution in [3.8, 4) is 6.07 Å². The molecule has 1 aromatic heterocycles. The van der Waals surface area contributed by atoms with Crippen molar-refractivity contribution < 1.29 is 0 Å². The Morgan fingerprint density at radius 2 is 2.28 bits per heavy atom. The van der Waals surface area contributed by atoms with Crippen LogP contribution in [0.4, 0.5) is 5.69 Å². The summed E-state index contributed by atoms with van der Waals surface area (Å²) in [5.41, 5.74) is 4.05. The van der Waals surface area contributed by atoms with E-state index in [1.165, 1.54) is 5.57 Å². The standard InChI is InChI=1S/C15H13N3/c1-11-4-3-7-18(10-11)14-6-2-5-13-12(8-16)9-17-15(13)14/h2-6,9-10,17H,7H2,1H3. The number of para-hydroxylation sites is 1. The number of nitriles is 1. The summed E-state index contributed by atoms with van der Waals surface area (Å²) < 4.78 is 0. The molecule has 0 saturated heterocycles. The number of H-pyrrole nitrogens is 1. The van der Waals surface area contributed by atoms with Gasteiger partial charge in [-0.05, 0) is 18.6 Å². The zero-order valence-electron chi connectivity index (χ0n) is 10.1. The van der Waals surface area contributed by atoms with E-state index in [2.05, 4.69) is 47.3 Å². The Morgan fingerprint density at radius 1 is 1.39 bits per heavy atom. The number of fused-ring (bicyclic) bond motifs is 1. The van der Waals surface area contributed by atoms with Crippen LogP contribution in [0.2, 0.25) is 0 Å². The minimum atomic E-state index is 0.695. The average molecular weight is 235 g/mol. The van der Waals surface area contributed by atoms with E-state index in [1.54, 1.807) is 6.20 Å². The molecule has 1 aliphatic rings. The van der Waals surface area contributed by atoms with Gasteiger partial charge in [-0.2, -0.15) is 5.26 Å². The molecule has 2 heterocycles. The molecule has 0 fully saturated rings. The minimum absolute atomic E-state index is 0.695. The Bertz CT molecular complexity index is 698. The molecule has 0 amide bonds. The molecule has 3 rings (SSSR count). The lowest BCUT2D eigenvalue weighted by atomic mass is 10.1. The average Bonchev–Trinajstić information content (AvgIpc) is 2.81. The molecule has 88 valence electrons. The number of aromatic nitrogens is 1. The molecule has 0 saturated carbocycles. The molecule has 0 spiro atoms. The number of hydrogen-bond donors (Lipinski definition) is 1. The van der Waals surface area contributed by atoms with Crippen LogP contribution in [0, 0.1) is 11.3 Å². The minimum Gasteiger partial charge on any atom is -0.358 e. The molecule has 18 heavy (non-hydrogen) atoms. The Kier molecular flexibility index (Phi) is 2.42. The van der Waals surface area contributed by atoms with Crippen molar-refractivity contribution in [1.82, 2.24) is 4.98 Å². The maximum Gasteiger partial charge on any atom is 0.101 e. The molecule has 0 bridgehead atoms. The van der Waals surface area contributed by atoms with Crippen LogP contribution in [0.5, 0.6) is 0 Å². The molecule has 0 aliphatic carbocycles. The van der Waals surface area contributed by atoms with Gasteiger partial charge in [-0.25, -0.2) is 0 Å². The van der Waals surface area contributed by atoms with Crippen LogP contribution in [0.15, 0.2) is 48.3 Å². The molecular formula is C15H13N3. The first kappa shape index (κ1) is 10.7. The molecule has 0 radical (unpaired) electrons. The maximum atomic E-state index is 9.06. The van der Waals surface area contributed by atoms with E-state index in [-0.39, 0.29) is 0 Å². The first-order chi connectivity index (χ1) is 8.79. The lowest BCUT2D eigenvalue weighted by Gasteiger charge is -2.23. The summed E-state index contributed by atoms with van der Waals surface area (Å²) in [6, 6.07) is 8.25. The van der Waals surface area contributed by atoms with E-state index in [1.807, 2.05) is 12.1 Å². The van der Waals surface area contributed by atoms with Crippen molar-refractivity contribution in [3.63, 3.8) is 0 Å². The largest absolute Gasteiger partial charge is 0.358 e. The van der Waals surface area contributed by atoms with Gasteiger partial charge in [0.05, 0.1) is 16.8 Å². The van der Waals surface area contributed by atoms with E-state index in [9.17, 15) is 0 Å². The fraction of sp³-hybridized carbons (Fsp3) is 0.133. The van der Waals surface area contributed by atoms with Crippen LogP contribution in [-0.4, -0.2) is 11.5 Å². The van der Waals surface area contributed by atoms with Crippen LogP contribution in [-0.2, 0) is 0 Å². The first-order valence-corrected chi connectivity index (χ1v) is 5.91. The number of allylic oxidation sites excluding steroid dienone is 2. The summed E-state index contributed by atoms with van der Waals surface area (Å²) >= 11 is 0. The van der Waals surface area contributed by atoms with Gasteiger partial charge in [0.25, 0.3) is 0 Å². The predicted octanol–water partition coefficient (Wildman–Crippen LogP) is 3.32. The molecule has 0 atom stereocenters. The Balaban J connectivity index is 2.16. The first-order valence-electron chi connectivity index (χ1n) is 5.91. The fourth-order valence-corrected chi connectivity index (χ4v) is 2.33. The van der Waals surface area contributed by atoms with Crippen molar-refractivity contribution in [2.24, 2.45) is 0 Å². The number of nitrogens with zero attached hydrogens (tertiary/aromatic N) is 2.